The van der Waals surface area contributed by atoms with Gasteiger partial charge in [-0.05, 0) is 42.9 Å². The van der Waals surface area contributed by atoms with Crippen molar-refractivity contribution < 1.29 is 14.0 Å². The summed E-state index contributed by atoms with van der Waals surface area (Å²) in [5, 5.41) is 7.15. The van der Waals surface area contributed by atoms with Crippen LogP contribution in [0, 0.1) is 17.7 Å². The highest BCUT2D eigenvalue weighted by atomic mass is 19.1. The van der Waals surface area contributed by atoms with Crippen LogP contribution < -0.4 is 5.32 Å². The van der Waals surface area contributed by atoms with Crippen molar-refractivity contribution in [2.45, 2.75) is 38.8 Å². The second-order valence-corrected chi connectivity index (χ2v) is 7.51. The molecular weight excluding hydrogens is 347 g/mol. The number of nitrogens with one attached hydrogen (secondary N) is 1. The molecule has 0 radical (unpaired) electrons. The highest BCUT2D eigenvalue weighted by molar-refractivity contribution is 5.98. The molecule has 7 heteroatoms. The Bertz CT molecular complexity index is 829. The predicted octanol–water partition coefficient (Wildman–Crippen LogP) is 2.73. The molecule has 1 aromatic heterocycles. The normalized spacial score (nSPS) is 20.5. The molecule has 6 nitrogen and oxygen atoms in total. The zero-order chi connectivity index (χ0) is 18.8. The predicted molar refractivity (Wildman–Crippen MR) is 97.1 cm³/mol. The number of benzene rings is 1. The van der Waals surface area contributed by atoms with Crippen LogP contribution in [0.15, 0.2) is 36.7 Å². The van der Waals surface area contributed by atoms with Crippen LogP contribution >= 0.6 is 0 Å². The zero-order valence-electron chi connectivity index (χ0n) is 15.1. The number of hydrogen-bond acceptors (Lipinski definition) is 3. The number of aromatic nitrogens is 2. The highest BCUT2D eigenvalue weighted by Crippen LogP contribution is 2.27. The molecule has 2 fully saturated rings. The van der Waals surface area contributed by atoms with Crippen LogP contribution in [0.4, 0.5) is 9.18 Å². The number of rotatable bonds is 6. The first-order valence-corrected chi connectivity index (χ1v) is 9.43. The minimum atomic E-state index is -0.373. The van der Waals surface area contributed by atoms with Crippen molar-refractivity contribution in [2.24, 2.45) is 11.8 Å². The number of nitrogens with zero attached hydrogens (tertiary/aromatic N) is 3. The van der Waals surface area contributed by atoms with E-state index in [-0.39, 0.29) is 30.2 Å². The van der Waals surface area contributed by atoms with Crippen LogP contribution in [0.1, 0.15) is 30.4 Å². The molecule has 27 heavy (non-hydrogen) atoms. The van der Waals surface area contributed by atoms with Gasteiger partial charge in [-0.25, -0.2) is 9.18 Å². The van der Waals surface area contributed by atoms with E-state index in [1.807, 2.05) is 10.9 Å². The topological polar surface area (TPSA) is 67.2 Å². The monoisotopic (exact) mass is 370 g/mol. The molecule has 2 heterocycles. The summed E-state index contributed by atoms with van der Waals surface area (Å²) in [6.45, 7) is 1.41. The summed E-state index contributed by atoms with van der Waals surface area (Å²) in [5.41, 5.74) is 1.72. The number of hydrogen-bond donors (Lipinski definition) is 1. The van der Waals surface area contributed by atoms with E-state index in [0.717, 1.165) is 17.7 Å². The number of amides is 3. The average molecular weight is 370 g/mol. The first-order valence-electron chi connectivity index (χ1n) is 9.43. The largest absolute Gasteiger partial charge is 0.337 e. The second-order valence-electron chi connectivity index (χ2n) is 7.51. The summed E-state index contributed by atoms with van der Waals surface area (Å²) in [6, 6.07) is 5.74. The Hall–Kier alpha value is -2.70. The third-order valence-electron chi connectivity index (χ3n) is 5.45. The molecule has 142 valence electrons. The molecule has 1 aromatic carbocycles. The summed E-state index contributed by atoms with van der Waals surface area (Å²) in [5.74, 6) is -0.159. The van der Waals surface area contributed by atoms with E-state index in [1.165, 1.54) is 36.3 Å². The summed E-state index contributed by atoms with van der Waals surface area (Å²) in [4.78, 5) is 26.3. The van der Waals surface area contributed by atoms with Gasteiger partial charge in [-0.1, -0.05) is 18.6 Å². The number of urea groups is 1. The molecule has 3 amide bonds. The van der Waals surface area contributed by atoms with Crippen molar-refractivity contribution in [3.8, 4) is 0 Å². The molecule has 2 aromatic rings. The van der Waals surface area contributed by atoms with E-state index in [9.17, 15) is 14.0 Å². The molecule has 1 atom stereocenters. The Morgan fingerprint density at radius 3 is 2.63 bits per heavy atom. The maximum Gasteiger partial charge on any atom is 0.324 e. The Morgan fingerprint density at radius 2 is 1.93 bits per heavy atom. The maximum atomic E-state index is 13.1. The fourth-order valence-electron chi connectivity index (χ4n) is 3.64. The molecule has 1 aliphatic carbocycles. The van der Waals surface area contributed by atoms with E-state index in [1.54, 1.807) is 18.3 Å². The molecule has 1 saturated carbocycles. The smallest absolute Gasteiger partial charge is 0.324 e. The number of carbonyl (C=O) groups excluding carboxylic acids is 2. The Kier molecular flexibility index (Phi) is 4.92. The number of carbonyl (C=O) groups is 2. The van der Waals surface area contributed by atoms with Gasteiger partial charge in [0.2, 0.25) is 5.91 Å². The second kappa shape index (κ2) is 7.50. The molecule has 1 N–H and O–H groups in total. The van der Waals surface area contributed by atoms with Gasteiger partial charge in [-0.3, -0.25) is 14.4 Å². The van der Waals surface area contributed by atoms with Crippen molar-refractivity contribution in [3.05, 3.63) is 53.6 Å². The van der Waals surface area contributed by atoms with Crippen molar-refractivity contribution in [3.63, 3.8) is 0 Å². The van der Waals surface area contributed by atoms with Crippen molar-refractivity contribution in [2.75, 3.05) is 6.54 Å². The molecular formula is C20H23FN4O2. The van der Waals surface area contributed by atoms with Crippen molar-refractivity contribution in [1.29, 1.82) is 0 Å². The van der Waals surface area contributed by atoms with Gasteiger partial charge in [0, 0.05) is 24.8 Å². The van der Waals surface area contributed by atoms with E-state index in [4.69, 9.17) is 0 Å². The van der Waals surface area contributed by atoms with E-state index < -0.39 is 0 Å². The van der Waals surface area contributed by atoms with E-state index in [2.05, 4.69) is 10.4 Å². The van der Waals surface area contributed by atoms with Crippen LogP contribution in [0.3, 0.4) is 0 Å². The number of imide groups is 1. The lowest BCUT2D eigenvalue weighted by Gasteiger charge is -2.31. The summed E-state index contributed by atoms with van der Waals surface area (Å²) >= 11 is 0. The minimum absolute atomic E-state index is 0.199. The molecule has 0 spiro atoms. The fraction of sp³-hybridized carbons (Fsp3) is 0.450. The van der Waals surface area contributed by atoms with Gasteiger partial charge in [0.05, 0.1) is 18.7 Å². The Morgan fingerprint density at radius 1 is 1.15 bits per heavy atom. The molecule has 1 unspecified atom stereocenters. The summed E-state index contributed by atoms with van der Waals surface area (Å²) < 4.78 is 15.0. The first-order chi connectivity index (χ1) is 13.1. The average Bonchev–Trinajstić information content (AvgIpc) is 3.07. The van der Waals surface area contributed by atoms with Crippen LogP contribution in [0.5, 0.6) is 0 Å². The van der Waals surface area contributed by atoms with Crippen molar-refractivity contribution >= 4 is 11.9 Å². The molecule has 1 saturated heterocycles. The highest BCUT2D eigenvalue weighted by Gasteiger charge is 2.34. The van der Waals surface area contributed by atoms with Crippen LogP contribution in [-0.4, -0.2) is 33.2 Å². The van der Waals surface area contributed by atoms with Crippen molar-refractivity contribution in [1.82, 2.24) is 20.0 Å². The lowest BCUT2D eigenvalue weighted by molar-refractivity contribution is -0.134. The van der Waals surface area contributed by atoms with E-state index >= 15 is 0 Å². The Labute approximate surface area is 157 Å². The summed E-state index contributed by atoms with van der Waals surface area (Å²) in [6.07, 6.45) is 7.89. The maximum absolute atomic E-state index is 13.1. The van der Waals surface area contributed by atoms with Gasteiger partial charge < -0.3 is 5.32 Å². The van der Waals surface area contributed by atoms with Crippen LogP contribution in [0.25, 0.3) is 0 Å². The summed E-state index contributed by atoms with van der Waals surface area (Å²) in [7, 11) is 0. The first kappa shape index (κ1) is 17.7. The van der Waals surface area contributed by atoms with Gasteiger partial charge in [0.1, 0.15) is 5.82 Å². The molecule has 0 bridgehead atoms. The lowest BCUT2D eigenvalue weighted by Crippen LogP contribution is -2.54. The van der Waals surface area contributed by atoms with Crippen LogP contribution in [-0.2, 0) is 24.3 Å². The molecule has 4 rings (SSSR count). The number of halogens is 1. The van der Waals surface area contributed by atoms with E-state index in [0.29, 0.717) is 18.9 Å². The fourth-order valence-corrected chi connectivity index (χ4v) is 3.64. The SMILES string of the molecule is O=C1NCC(Cc2ccc(F)cc2)C(=O)N1Cc1cnn(CC2CCC2)c1. The van der Waals surface area contributed by atoms with Gasteiger partial charge in [-0.15, -0.1) is 0 Å². The van der Waals surface area contributed by atoms with Gasteiger partial charge in [-0.2, -0.15) is 5.10 Å². The van der Waals surface area contributed by atoms with Gasteiger partial charge in [0.25, 0.3) is 0 Å². The molecule has 1 aliphatic heterocycles. The van der Waals surface area contributed by atoms with Gasteiger partial charge >= 0.3 is 6.03 Å². The Balaban J connectivity index is 1.40. The quantitative estimate of drug-likeness (QED) is 0.850. The standard InChI is InChI=1S/C20H23FN4O2/c21-18-6-4-14(5-7-18)8-17-10-22-20(27)25(19(17)26)13-16-9-23-24(12-16)11-15-2-1-3-15/h4-7,9,12,15,17H,1-3,8,10-11,13H2,(H,22,27). The minimum Gasteiger partial charge on any atom is -0.337 e. The van der Waals surface area contributed by atoms with Crippen LogP contribution in [0.2, 0.25) is 0 Å². The lowest BCUT2D eigenvalue weighted by atomic mass is 9.85. The third kappa shape index (κ3) is 4.02. The van der Waals surface area contributed by atoms with Gasteiger partial charge in [0.15, 0.2) is 0 Å². The third-order valence-corrected chi connectivity index (χ3v) is 5.45. The molecule has 2 aliphatic rings. The zero-order valence-corrected chi connectivity index (χ0v) is 15.1.